The highest BCUT2D eigenvalue weighted by atomic mass is 16.5. The number of benzene rings is 1. The summed E-state index contributed by atoms with van der Waals surface area (Å²) in [6.45, 7) is 5.37. The van der Waals surface area contributed by atoms with Crippen LogP contribution in [0.3, 0.4) is 0 Å². The van der Waals surface area contributed by atoms with Gasteiger partial charge in [0.25, 0.3) is 0 Å². The molecule has 112 valence electrons. The number of nitrogens with one attached hydrogen (secondary N) is 1. The number of rotatable bonds is 7. The quantitative estimate of drug-likeness (QED) is 0.748. The SMILES string of the molecule is COCC(C)N(C)CCC(=O)Nc1cc(N)ccc1C. The molecule has 20 heavy (non-hydrogen) atoms. The van der Waals surface area contributed by atoms with Gasteiger partial charge >= 0.3 is 0 Å². The van der Waals surface area contributed by atoms with Crippen molar-refractivity contribution in [1.82, 2.24) is 4.90 Å². The van der Waals surface area contributed by atoms with Crippen LogP contribution in [-0.4, -0.2) is 44.2 Å². The summed E-state index contributed by atoms with van der Waals surface area (Å²) in [7, 11) is 3.67. The van der Waals surface area contributed by atoms with Crippen molar-refractivity contribution in [2.75, 3.05) is 38.4 Å². The monoisotopic (exact) mass is 279 g/mol. The Balaban J connectivity index is 2.46. The van der Waals surface area contributed by atoms with Crippen LogP contribution in [0.5, 0.6) is 0 Å². The summed E-state index contributed by atoms with van der Waals surface area (Å²) in [5, 5.41) is 2.90. The summed E-state index contributed by atoms with van der Waals surface area (Å²) in [5.74, 6) is -0.00448. The maximum atomic E-state index is 12.0. The average molecular weight is 279 g/mol. The number of hydrogen-bond donors (Lipinski definition) is 2. The van der Waals surface area contributed by atoms with Crippen molar-refractivity contribution >= 4 is 17.3 Å². The van der Waals surface area contributed by atoms with Crippen molar-refractivity contribution in [3.05, 3.63) is 23.8 Å². The van der Waals surface area contributed by atoms with Gasteiger partial charge in [0.2, 0.25) is 5.91 Å². The topological polar surface area (TPSA) is 67.6 Å². The first-order valence-corrected chi connectivity index (χ1v) is 6.79. The molecule has 5 nitrogen and oxygen atoms in total. The first-order chi connectivity index (χ1) is 9.43. The number of ether oxygens (including phenoxy) is 1. The van der Waals surface area contributed by atoms with E-state index < -0.39 is 0 Å². The molecular formula is C15H25N3O2. The Hall–Kier alpha value is -1.59. The standard InChI is InChI=1S/C15H25N3O2/c1-11-5-6-13(16)9-14(11)17-15(19)7-8-18(3)12(2)10-20-4/h5-6,9,12H,7-8,10,16H2,1-4H3,(H,17,19). The van der Waals surface area contributed by atoms with Crippen LogP contribution in [0.15, 0.2) is 18.2 Å². The third-order valence-corrected chi connectivity index (χ3v) is 3.39. The lowest BCUT2D eigenvalue weighted by molar-refractivity contribution is -0.116. The van der Waals surface area contributed by atoms with Crippen LogP contribution < -0.4 is 11.1 Å². The zero-order valence-electron chi connectivity index (χ0n) is 12.8. The van der Waals surface area contributed by atoms with Gasteiger partial charge < -0.3 is 20.7 Å². The number of anilines is 2. The summed E-state index contributed by atoms with van der Waals surface area (Å²) in [5.41, 5.74) is 8.16. The number of carbonyl (C=O) groups is 1. The van der Waals surface area contributed by atoms with Crippen LogP contribution in [0.1, 0.15) is 18.9 Å². The number of amides is 1. The van der Waals surface area contributed by atoms with Gasteiger partial charge in [0.05, 0.1) is 6.61 Å². The molecular weight excluding hydrogens is 254 g/mol. The maximum absolute atomic E-state index is 12.0. The van der Waals surface area contributed by atoms with Crippen molar-refractivity contribution in [2.24, 2.45) is 0 Å². The summed E-state index contributed by atoms with van der Waals surface area (Å²) < 4.78 is 5.10. The number of nitrogens with zero attached hydrogens (tertiary/aromatic N) is 1. The van der Waals surface area contributed by atoms with Crippen LogP contribution in [0.4, 0.5) is 11.4 Å². The molecule has 0 spiro atoms. The van der Waals surface area contributed by atoms with Crippen LogP contribution in [0.25, 0.3) is 0 Å². The minimum absolute atomic E-state index is 0.00448. The van der Waals surface area contributed by atoms with Crippen molar-refractivity contribution < 1.29 is 9.53 Å². The van der Waals surface area contributed by atoms with Crippen LogP contribution in [0, 0.1) is 6.92 Å². The van der Waals surface area contributed by atoms with E-state index >= 15 is 0 Å². The molecule has 1 unspecified atom stereocenters. The zero-order valence-corrected chi connectivity index (χ0v) is 12.8. The average Bonchev–Trinajstić information content (AvgIpc) is 2.40. The second-order valence-electron chi connectivity index (χ2n) is 5.16. The van der Waals surface area contributed by atoms with E-state index in [4.69, 9.17) is 10.5 Å². The van der Waals surface area contributed by atoms with Crippen molar-refractivity contribution in [3.8, 4) is 0 Å². The number of methoxy groups -OCH3 is 1. The molecule has 1 rings (SSSR count). The van der Waals surface area contributed by atoms with Gasteiger partial charge in [0.15, 0.2) is 0 Å². The van der Waals surface area contributed by atoms with Gasteiger partial charge in [-0.2, -0.15) is 0 Å². The minimum atomic E-state index is -0.00448. The number of nitrogen functional groups attached to an aromatic ring is 1. The first kappa shape index (κ1) is 16.5. The van der Waals surface area contributed by atoms with E-state index in [2.05, 4.69) is 17.1 Å². The van der Waals surface area contributed by atoms with Crippen molar-refractivity contribution in [3.63, 3.8) is 0 Å². The first-order valence-electron chi connectivity index (χ1n) is 6.79. The third kappa shape index (κ3) is 5.19. The van der Waals surface area contributed by atoms with Gasteiger partial charge in [-0.1, -0.05) is 6.07 Å². The van der Waals surface area contributed by atoms with E-state index in [1.807, 2.05) is 26.1 Å². The van der Waals surface area contributed by atoms with Gasteiger partial charge in [-0.3, -0.25) is 4.79 Å². The molecule has 1 aromatic rings. The number of likely N-dealkylation sites (N-methyl/N-ethyl adjacent to an activating group) is 1. The van der Waals surface area contributed by atoms with E-state index in [1.165, 1.54) is 0 Å². The predicted molar refractivity (Wildman–Crippen MR) is 82.8 cm³/mol. The Kier molecular flexibility index (Phi) is 6.48. The number of aryl methyl sites for hydroxylation is 1. The minimum Gasteiger partial charge on any atom is -0.399 e. The lowest BCUT2D eigenvalue weighted by atomic mass is 10.2. The molecule has 1 aromatic carbocycles. The summed E-state index contributed by atoms with van der Waals surface area (Å²) >= 11 is 0. The highest BCUT2D eigenvalue weighted by Gasteiger charge is 2.11. The molecule has 0 aromatic heterocycles. The fourth-order valence-corrected chi connectivity index (χ4v) is 1.85. The summed E-state index contributed by atoms with van der Waals surface area (Å²) in [6, 6.07) is 5.80. The van der Waals surface area contributed by atoms with Crippen LogP contribution >= 0.6 is 0 Å². The van der Waals surface area contributed by atoms with E-state index in [0.717, 1.165) is 11.3 Å². The molecule has 1 atom stereocenters. The predicted octanol–water partition coefficient (Wildman–Crippen LogP) is 1.87. The molecule has 0 bridgehead atoms. The molecule has 0 fully saturated rings. The van der Waals surface area contributed by atoms with E-state index in [1.54, 1.807) is 13.2 Å². The molecule has 0 radical (unpaired) electrons. The fourth-order valence-electron chi connectivity index (χ4n) is 1.85. The molecule has 3 N–H and O–H groups in total. The van der Waals surface area contributed by atoms with E-state index in [0.29, 0.717) is 31.3 Å². The van der Waals surface area contributed by atoms with E-state index in [9.17, 15) is 4.79 Å². The molecule has 5 heteroatoms. The van der Waals surface area contributed by atoms with Crippen LogP contribution in [0.2, 0.25) is 0 Å². The molecule has 0 aliphatic rings. The van der Waals surface area contributed by atoms with Gasteiger partial charge in [0.1, 0.15) is 0 Å². The largest absolute Gasteiger partial charge is 0.399 e. The molecule has 0 saturated heterocycles. The molecule has 0 aliphatic heterocycles. The molecule has 0 saturated carbocycles. The normalized spacial score (nSPS) is 12.4. The lowest BCUT2D eigenvalue weighted by Gasteiger charge is -2.23. The third-order valence-electron chi connectivity index (χ3n) is 3.39. The number of carbonyl (C=O) groups excluding carboxylic acids is 1. The second-order valence-corrected chi connectivity index (χ2v) is 5.16. The smallest absolute Gasteiger partial charge is 0.225 e. The van der Waals surface area contributed by atoms with Gasteiger partial charge in [-0.25, -0.2) is 0 Å². The van der Waals surface area contributed by atoms with Gasteiger partial charge in [0, 0.05) is 37.5 Å². The summed E-state index contributed by atoms with van der Waals surface area (Å²) in [6.07, 6.45) is 0.443. The Labute approximate surface area is 121 Å². The van der Waals surface area contributed by atoms with Gasteiger partial charge in [-0.15, -0.1) is 0 Å². The Morgan fingerprint density at radius 2 is 2.20 bits per heavy atom. The molecule has 0 heterocycles. The zero-order chi connectivity index (χ0) is 15.1. The Bertz CT molecular complexity index is 449. The number of hydrogen-bond acceptors (Lipinski definition) is 4. The van der Waals surface area contributed by atoms with Crippen LogP contribution in [-0.2, 0) is 9.53 Å². The highest BCUT2D eigenvalue weighted by molar-refractivity contribution is 5.92. The maximum Gasteiger partial charge on any atom is 0.225 e. The highest BCUT2D eigenvalue weighted by Crippen LogP contribution is 2.18. The fraction of sp³-hybridized carbons (Fsp3) is 0.533. The van der Waals surface area contributed by atoms with E-state index in [-0.39, 0.29) is 5.91 Å². The molecule has 0 aliphatic carbocycles. The second kappa shape index (κ2) is 7.87. The molecule has 1 amide bonds. The Morgan fingerprint density at radius 3 is 2.85 bits per heavy atom. The summed E-state index contributed by atoms with van der Waals surface area (Å²) in [4.78, 5) is 14.1. The van der Waals surface area contributed by atoms with Gasteiger partial charge in [-0.05, 0) is 38.6 Å². The lowest BCUT2D eigenvalue weighted by Crippen LogP contribution is -2.35. The Morgan fingerprint density at radius 1 is 1.50 bits per heavy atom. The number of nitrogens with two attached hydrogens (primary N) is 1. The van der Waals surface area contributed by atoms with Crippen molar-refractivity contribution in [2.45, 2.75) is 26.3 Å². The van der Waals surface area contributed by atoms with Crippen molar-refractivity contribution in [1.29, 1.82) is 0 Å².